The molecule has 0 amide bonds. The number of nitrogens with one attached hydrogen (secondary N) is 1. The normalized spacial score (nSPS) is 11.9. The molecule has 0 saturated carbocycles. The molecule has 5 nitrogen and oxygen atoms in total. The number of sulfonamides is 1. The van der Waals surface area contributed by atoms with Crippen LogP contribution in [-0.4, -0.2) is 20.2 Å². The molecule has 100 valence electrons. The number of halogens is 1. The van der Waals surface area contributed by atoms with Gasteiger partial charge in [-0.2, -0.15) is 5.26 Å². The third-order valence-electron chi connectivity index (χ3n) is 2.20. The van der Waals surface area contributed by atoms with Gasteiger partial charge in [0.25, 0.3) is 0 Å². The average molecular weight is 281 g/mol. The quantitative estimate of drug-likeness (QED) is 0.801. The van der Waals surface area contributed by atoms with Crippen LogP contribution in [0.1, 0.15) is 12.5 Å². The lowest BCUT2D eigenvalue weighted by Crippen LogP contribution is -2.23. The molecule has 1 atom stereocenters. The fraction of sp³-hybridized carbons (Fsp3) is 0.250. The van der Waals surface area contributed by atoms with Crippen LogP contribution in [0.25, 0.3) is 0 Å². The summed E-state index contributed by atoms with van der Waals surface area (Å²) in [5.74, 6) is 4.35. The van der Waals surface area contributed by atoms with Gasteiger partial charge in [0.05, 0.1) is 23.9 Å². The molecule has 0 saturated heterocycles. The Morgan fingerprint density at radius 2 is 2.21 bits per heavy atom. The van der Waals surface area contributed by atoms with Crippen LogP contribution in [-0.2, 0) is 10.0 Å². The van der Waals surface area contributed by atoms with Gasteiger partial charge in [-0.25, -0.2) is 12.8 Å². The summed E-state index contributed by atoms with van der Waals surface area (Å²) in [7, 11) is -3.84. The highest BCUT2D eigenvalue weighted by Gasteiger charge is 2.20. The van der Waals surface area contributed by atoms with E-state index in [0.717, 1.165) is 6.07 Å². The zero-order valence-corrected chi connectivity index (χ0v) is 11.0. The fourth-order valence-electron chi connectivity index (χ4n) is 1.15. The van der Waals surface area contributed by atoms with E-state index in [4.69, 9.17) is 11.0 Å². The molecule has 0 fully saturated rings. The highest BCUT2D eigenvalue weighted by molar-refractivity contribution is 7.93. The van der Waals surface area contributed by atoms with E-state index in [1.54, 1.807) is 6.07 Å². The summed E-state index contributed by atoms with van der Waals surface area (Å²) >= 11 is 0. The summed E-state index contributed by atoms with van der Waals surface area (Å²) in [6, 6.07) is 5.31. The Bertz CT molecular complexity index is 668. The lowest BCUT2D eigenvalue weighted by molar-refractivity contribution is 0.597. The molecular weight excluding hydrogens is 269 g/mol. The lowest BCUT2D eigenvalue weighted by Gasteiger charge is -2.09. The van der Waals surface area contributed by atoms with E-state index >= 15 is 0 Å². The SMILES string of the molecule is CC(C#N)S(=O)(=O)Nc1ccc(C#CCN)c(F)c1. The molecule has 1 rings (SSSR count). The minimum atomic E-state index is -3.84. The van der Waals surface area contributed by atoms with Crippen LogP contribution in [0.4, 0.5) is 10.1 Å². The molecule has 0 aliphatic carbocycles. The number of anilines is 1. The van der Waals surface area contributed by atoms with E-state index < -0.39 is 21.1 Å². The van der Waals surface area contributed by atoms with Crippen molar-refractivity contribution in [3.8, 4) is 17.9 Å². The average Bonchev–Trinajstić information content (AvgIpc) is 2.36. The molecule has 0 aliphatic heterocycles. The first-order chi connectivity index (χ1) is 8.90. The topological polar surface area (TPSA) is 96.0 Å². The Hall–Kier alpha value is -2.09. The molecule has 0 heterocycles. The molecule has 1 unspecified atom stereocenters. The lowest BCUT2D eigenvalue weighted by atomic mass is 10.2. The van der Waals surface area contributed by atoms with Crippen molar-refractivity contribution in [1.29, 1.82) is 5.26 Å². The first kappa shape index (κ1) is 15.0. The standard InChI is InChI=1S/C12H12FN3O2S/c1-9(8-15)19(17,18)16-11-5-4-10(3-2-6-14)12(13)7-11/h4-5,7,9,16H,6,14H2,1H3. The van der Waals surface area contributed by atoms with Gasteiger partial charge in [0.1, 0.15) is 5.82 Å². The Morgan fingerprint density at radius 1 is 1.53 bits per heavy atom. The second kappa shape index (κ2) is 6.19. The molecular formula is C12H12FN3O2S. The third kappa shape index (κ3) is 3.95. The summed E-state index contributed by atoms with van der Waals surface area (Å²) in [5, 5.41) is 7.34. The van der Waals surface area contributed by atoms with Crippen molar-refractivity contribution >= 4 is 15.7 Å². The van der Waals surface area contributed by atoms with Crippen molar-refractivity contribution in [1.82, 2.24) is 0 Å². The van der Waals surface area contributed by atoms with E-state index in [-0.39, 0.29) is 17.8 Å². The first-order valence-electron chi connectivity index (χ1n) is 5.30. The monoisotopic (exact) mass is 281 g/mol. The Morgan fingerprint density at radius 3 is 2.74 bits per heavy atom. The van der Waals surface area contributed by atoms with Gasteiger partial charge in [-0.1, -0.05) is 11.8 Å². The van der Waals surface area contributed by atoms with Gasteiger partial charge >= 0.3 is 0 Å². The highest BCUT2D eigenvalue weighted by atomic mass is 32.2. The van der Waals surface area contributed by atoms with Crippen molar-refractivity contribution in [2.24, 2.45) is 5.73 Å². The highest BCUT2D eigenvalue weighted by Crippen LogP contribution is 2.16. The predicted molar refractivity (Wildman–Crippen MR) is 69.9 cm³/mol. The predicted octanol–water partition coefficient (Wildman–Crippen LogP) is 0.790. The number of nitrogens with two attached hydrogens (primary N) is 1. The van der Waals surface area contributed by atoms with Crippen LogP contribution >= 0.6 is 0 Å². The van der Waals surface area contributed by atoms with Gasteiger partial charge in [0.15, 0.2) is 5.25 Å². The largest absolute Gasteiger partial charge is 0.320 e. The van der Waals surface area contributed by atoms with Crippen LogP contribution in [0.15, 0.2) is 18.2 Å². The van der Waals surface area contributed by atoms with Crippen LogP contribution < -0.4 is 10.5 Å². The maximum Gasteiger partial charge on any atom is 0.248 e. The van der Waals surface area contributed by atoms with Crippen molar-refractivity contribution in [2.75, 3.05) is 11.3 Å². The van der Waals surface area contributed by atoms with E-state index in [1.807, 2.05) is 0 Å². The Labute approximate surface area is 111 Å². The van der Waals surface area contributed by atoms with Gasteiger partial charge in [-0.3, -0.25) is 4.72 Å². The Kier molecular flexibility index (Phi) is 4.87. The third-order valence-corrected chi connectivity index (χ3v) is 3.76. The number of rotatable bonds is 3. The van der Waals surface area contributed by atoms with E-state index in [9.17, 15) is 12.8 Å². The number of hydrogen-bond donors (Lipinski definition) is 2. The maximum atomic E-state index is 13.6. The van der Waals surface area contributed by atoms with Gasteiger partial charge < -0.3 is 5.73 Å². The van der Waals surface area contributed by atoms with E-state index in [2.05, 4.69) is 16.6 Å². The van der Waals surface area contributed by atoms with Crippen LogP contribution in [0.5, 0.6) is 0 Å². The van der Waals surface area contributed by atoms with Gasteiger partial charge in [-0.15, -0.1) is 0 Å². The molecule has 0 aliphatic rings. The van der Waals surface area contributed by atoms with E-state index in [0.29, 0.717) is 0 Å². The molecule has 19 heavy (non-hydrogen) atoms. The first-order valence-corrected chi connectivity index (χ1v) is 6.85. The molecule has 7 heteroatoms. The van der Waals surface area contributed by atoms with Crippen LogP contribution in [0.2, 0.25) is 0 Å². The fourth-order valence-corrected chi connectivity index (χ4v) is 1.92. The van der Waals surface area contributed by atoms with Crippen molar-refractivity contribution < 1.29 is 12.8 Å². The number of benzene rings is 1. The second-order valence-corrected chi connectivity index (χ2v) is 5.62. The zero-order valence-electron chi connectivity index (χ0n) is 10.1. The maximum absolute atomic E-state index is 13.6. The van der Waals surface area contributed by atoms with Crippen molar-refractivity contribution in [3.63, 3.8) is 0 Å². The smallest absolute Gasteiger partial charge is 0.248 e. The molecule has 3 N–H and O–H groups in total. The summed E-state index contributed by atoms with van der Waals surface area (Å²) in [4.78, 5) is 0. The minimum absolute atomic E-state index is 0.0397. The molecule has 1 aromatic rings. The van der Waals surface area contributed by atoms with Crippen molar-refractivity contribution in [3.05, 3.63) is 29.6 Å². The molecule has 0 spiro atoms. The van der Waals surface area contributed by atoms with Gasteiger partial charge in [-0.05, 0) is 25.1 Å². The second-order valence-electron chi connectivity index (χ2n) is 3.62. The molecule has 1 aromatic carbocycles. The number of nitrogens with zero attached hydrogens (tertiary/aromatic N) is 1. The molecule has 0 bridgehead atoms. The summed E-state index contributed by atoms with van der Waals surface area (Å²) in [6.07, 6.45) is 0. The minimum Gasteiger partial charge on any atom is -0.320 e. The summed E-state index contributed by atoms with van der Waals surface area (Å²) in [6.45, 7) is 1.34. The number of nitriles is 1. The molecule has 0 radical (unpaired) electrons. The zero-order chi connectivity index (χ0) is 14.5. The van der Waals surface area contributed by atoms with Crippen molar-refractivity contribution in [2.45, 2.75) is 12.2 Å². The molecule has 0 aromatic heterocycles. The van der Waals surface area contributed by atoms with E-state index in [1.165, 1.54) is 19.1 Å². The van der Waals surface area contributed by atoms with Crippen LogP contribution in [0.3, 0.4) is 0 Å². The number of hydrogen-bond acceptors (Lipinski definition) is 4. The van der Waals surface area contributed by atoms with Gasteiger partial charge in [0.2, 0.25) is 10.0 Å². The summed E-state index contributed by atoms with van der Waals surface area (Å²) < 4.78 is 38.9. The Balaban J connectivity index is 3.01. The van der Waals surface area contributed by atoms with Crippen LogP contribution in [0, 0.1) is 29.0 Å². The summed E-state index contributed by atoms with van der Waals surface area (Å²) in [5.41, 5.74) is 5.34. The van der Waals surface area contributed by atoms with Gasteiger partial charge in [0, 0.05) is 0 Å².